The normalized spacial score (nSPS) is 16.8. The number of nitrogens with one attached hydrogen (secondary N) is 1. The second kappa shape index (κ2) is 6.17. The number of carbonyl (C=O) groups excluding carboxylic acids is 1. The van der Waals surface area contributed by atoms with Crippen LogP contribution in [0, 0.1) is 0 Å². The Kier molecular flexibility index (Phi) is 4.23. The van der Waals surface area contributed by atoms with E-state index in [-0.39, 0.29) is 0 Å². The van der Waals surface area contributed by atoms with Crippen LogP contribution in [0.25, 0.3) is 0 Å². The molecule has 23 heavy (non-hydrogen) atoms. The fourth-order valence-electron chi connectivity index (χ4n) is 2.57. The van der Waals surface area contributed by atoms with Crippen LogP contribution in [-0.2, 0) is 9.53 Å². The van der Waals surface area contributed by atoms with Crippen molar-refractivity contribution in [3.8, 4) is 0 Å². The zero-order valence-corrected chi connectivity index (χ0v) is 13.9. The Morgan fingerprint density at radius 3 is 2.87 bits per heavy atom. The molecule has 1 unspecified atom stereocenters. The highest BCUT2D eigenvalue weighted by atomic mass is 35.5. The molecule has 2 heterocycles. The molecule has 0 saturated carbocycles. The lowest BCUT2D eigenvalue weighted by Gasteiger charge is -2.28. The zero-order valence-electron chi connectivity index (χ0n) is 12.4. The fourth-order valence-corrected chi connectivity index (χ4v) is 3.09. The minimum atomic E-state index is -0.589. The van der Waals surface area contributed by atoms with Gasteiger partial charge in [-0.3, -0.25) is 0 Å². The van der Waals surface area contributed by atoms with Crippen molar-refractivity contribution in [2.45, 2.75) is 19.4 Å². The number of carbonyl (C=O) groups is 1. The van der Waals surface area contributed by atoms with Gasteiger partial charge in [0.1, 0.15) is 6.04 Å². The largest absolute Gasteiger partial charge is 0.466 e. The molecule has 0 saturated heterocycles. The van der Waals surface area contributed by atoms with Crippen LogP contribution in [0.2, 0.25) is 10.0 Å². The Morgan fingerprint density at radius 1 is 1.43 bits per heavy atom. The number of rotatable bonds is 3. The number of hydrogen-bond donors (Lipinski definition) is 1. The third kappa shape index (κ3) is 2.66. The van der Waals surface area contributed by atoms with Crippen molar-refractivity contribution in [2.24, 2.45) is 0 Å². The number of anilines is 1. The SMILES string of the molecule is CCC1=C(C(=O)OC)C(c2ccc(Cl)cc2Cl)n2nnnc2N1. The van der Waals surface area contributed by atoms with E-state index in [0.717, 1.165) is 0 Å². The molecule has 0 aliphatic carbocycles. The number of fused-ring (bicyclic) bond motifs is 1. The van der Waals surface area contributed by atoms with E-state index in [2.05, 4.69) is 20.8 Å². The van der Waals surface area contributed by atoms with E-state index in [0.29, 0.717) is 39.2 Å². The summed E-state index contributed by atoms with van der Waals surface area (Å²) in [5.41, 5.74) is 1.77. The molecule has 120 valence electrons. The van der Waals surface area contributed by atoms with Crippen LogP contribution in [0.1, 0.15) is 24.9 Å². The molecule has 0 bridgehead atoms. The van der Waals surface area contributed by atoms with Gasteiger partial charge in [0, 0.05) is 21.3 Å². The van der Waals surface area contributed by atoms with Crippen molar-refractivity contribution in [1.82, 2.24) is 20.2 Å². The van der Waals surface area contributed by atoms with E-state index in [1.54, 1.807) is 18.2 Å². The lowest BCUT2D eigenvalue weighted by Crippen LogP contribution is -2.30. The zero-order chi connectivity index (χ0) is 16.6. The number of allylic oxidation sites excluding steroid dienone is 1. The van der Waals surface area contributed by atoms with Gasteiger partial charge in [-0.15, -0.1) is 0 Å². The first-order chi connectivity index (χ1) is 11.1. The van der Waals surface area contributed by atoms with Gasteiger partial charge in [0.25, 0.3) is 0 Å². The maximum Gasteiger partial charge on any atom is 0.338 e. The molecule has 1 aliphatic rings. The van der Waals surface area contributed by atoms with Gasteiger partial charge >= 0.3 is 5.97 Å². The maximum absolute atomic E-state index is 12.4. The average Bonchev–Trinajstić information content (AvgIpc) is 3.01. The van der Waals surface area contributed by atoms with Gasteiger partial charge in [-0.2, -0.15) is 4.68 Å². The smallest absolute Gasteiger partial charge is 0.338 e. The Bertz CT molecular complexity index is 802. The summed E-state index contributed by atoms with van der Waals surface area (Å²) in [5.74, 6) is -0.0305. The molecule has 1 aliphatic heterocycles. The molecular weight excluding hydrogens is 341 g/mol. The molecule has 0 fully saturated rings. The summed E-state index contributed by atoms with van der Waals surface area (Å²) < 4.78 is 6.44. The highest BCUT2D eigenvalue weighted by Gasteiger charge is 2.36. The number of esters is 1. The van der Waals surface area contributed by atoms with E-state index in [9.17, 15) is 4.79 Å². The first-order valence-corrected chi connectivity index (χ1v) is 7.63. The van der Waals surface area contributed by atoms with E-state index in [4.69, 9.17) is 27.9 Å². The Hall–Kier alpha value is -2.12. The topological polar surface area (TPSA) is 81.9 Å². The Labute approximate surface area is 142 Å². The predicted molar refractivity (Wildman–Crippen MR) is 85.4 cm³/mol. The molecule has 0 spiro atoms. The number of tetrazole rings is 1. The third-order valence-corrected chi connectivity index (χ3v) is 4.18. The summed E-state index contributed by atoms with van der Waals surface area (Å²) in [4.78, 5) is 12.4. The van der Waals surface area contributed by atoms with Crippen LogP contribution in [0.4, 0.5) is 5.95 Å². The number of hydrogen-bond acceptors (Lipinski definition) is 6. The van der Waals surface area contributed by atoms with Crippen LogP contribution in [0.3, 0.4) is 0 Å². The number of benzene rings is 1. The van der Waals surface area contributed by atoms with Crippen LogP contribution in [0.15, 0.2) is 29.5 Å². The van der Waals surface area contributed by atoms with Crippen molar-refractivity contribution in [3.05, 3.63) is 45.1 Å². The standard InChI is InChI=1S/C14H13Cl2N5O2/c1-3-10-11(13(22)23-2)12(21-14(17-10)18-19-20-21)8-5-4-7(15)6-9(8)16/h4-6,12H,3H2,1-2H3,(H,17,18,20). The summed E-state index contributed by atoms with van der Waals surface area (Å²) in [6, 6.07) is 4.48. The van der Waals surface area contributed by atoms with Crippen LogP contribution < -0.4 is 5.32 Å². The minimum absolute atomic E-state index is 0.416. The lowest BCUT2D eigenvalue weighted by atomic mass is 9.94. The lowest BCUT2D eigenvalue weighted by molar-refractivity contribution is -0.136. The second-order valence-corrected chi connectivity index (χ2v) is 5.72. The molecule has 1 atom stereocenters. The van der Waals surface area contributed by atoms with Crippen molar-refractivity contribution in [1.29, 1.82) is 0 Å². The van der Waals surface area contributed by atoms with Crippen LogP contribution in [-0.4, -0.2) is 33.3 Å². The van der Waals surface area contributed by atoms with Gasteiger partial charge in [0.15, 0.2) is 0 Å². The number of halogens is 2. The third-order valence-electron chi connectivity index (χ3n) is 3.61. The molecule has 1 aromatic heterocycles. The van der Waals surface area contributed by atoms with Crippen molar-refractivity contribution < 1.29 is 9.53 Å². The average molecular weight is 354 g/mol. The monoisotopic (exact) mass is 353 g/mol. The van der Waals surface area contributed by atoms with Gasteiger partial charge in [-0.1, -0.05) is 41.3 Å². The highest BCUT2D eigenvalue weighted by molar-refractivity contribution is 6.35. The molecule has 7 nitrogen and oxygen atoms in total. The van der Waals surface area contributed by atoms with E-state index < -0.39 is 12.0 Å². The molecule has 3 rings (SSSR count). The molecule has 9 heteroatoms. The molecular formula is C14H13Cl2N5O2. The maximum atomic E-state index is 12.4. The molecule has 0 radical (unpaired) electrons. The Balaban J connectivity index is 2.24. The number of nitrogens with zero attached hydrogens (tertiary/aromatic N) is 4. The van der Waals surface area contributed by atoms with Gasteiger partial charge in [0.05, 0.1) is 12.7 Å². The molecule has 1 aromatic carbocycles. The molecule has 1 N–H and O–H groups in total. The fraction of sp³-hybridized carbons (Fsp3) is 0.286. The van der Waals surface area contributed by atoms with Crippen molar-refractivity contribution in [3.63, 3.8) is 0 Å². The van der Waals surface area contributed by atoms with Gasteiger partial charge in [-0.05, 0) is 29.0 Å². The van der Waals surface area contributed by atoms with Gasteiger partial charge in [0.2, 0.25) is 5.95 Å². The van der Waals surface area contributed by atoms with Crippen LogP contribution in [0.5, 0.6) is 0 Å². The highest BCUT2D eigenvalue weighted by Crippen LogP contribution is 2.39. The van der Waals surface area contributed by atoms with Crippen molar-refractivity contribution in [2.75, 3.05) is 12.4 Å². The minimum Gasteiger partial charge on any atom is -0.466 e. The second-order valence-electron chi connectivity index (χ2n) is 4.88. The van der Waals surface area contributed by atoms with E-state index >= 15 is 0 Å². The quantitative estimate of drug-likeness (QED) is 0.854. The van der Waals surface area contributed by atoms with Crippen LogP contribution >= 0.6 is 23.2 Å². The van der Waals surface area contributed by atoms with E-state index in [1.807, 2.05) is 6.92 Å². The molecule has 2 aromatic rings. The summed E-state index contributed by atoms with van der Waals surface area (Å²) in [6.07, 6.45) is 0.582. The first kappa shape index (κ1) is 15.8. The van der Waals surface area contributed by atoms with E-state index in [1.165, 1.54) is 11.8 Å². The van der Waals surface area contributed by atoms with Gasteiger partial charge < -0.3 is 10.1 Å². The summed E-state index contributed by atoms with van der Waals surface area (Å²) in [5, 5.41) is 15.6. The number of ether oxygens (including phenoxy) is 1. The summed E-state index contributed by atoms with van der Waals surface area (Å²) in [6.45, 7) is 1.92. The number of methoxy groups -OCH3 is 1. The summed E-state index contributed by atoms with van der Waals surface area (Å²) >= 11 is 12.3. The predicted octanol–water partition coefficient (Wildman–Crippen LogP) is 2.83. The van der Waals surface area contributed by atoms with Crippen molar-refractivity contribution >= 4 is 35.1 Å². The summed E-state index contributed by atoms with van der Waals surface area (Å²) in [7, 11) is 1.33. The molecule has 0 amide bonds. The Morgan fingerprint density at radius 2 is 2.22 bits per heavy atom. The van der Waals surface area contributed by atoms with Gasteiger partial charge in [-0.25, -0.2) is 4.79 Å². The first-order valence-electron chi connectivity index (χ1n) is 6.88. The number of aromatic nitrogens is 4.